The van der Waals surface area contributed by atoms with Crippen LogP contribution in [-0.2, 0) is 0 Å². The number of rotatable bonds is 3. The van der Waals surface area contributed by atoms with Crippen LogP contribution in [0.3, 0.4) is 0 Å². The Kier molecular flexibility index (Phi) is 4.24. The normalized spacial score (nSPS) is 10.2. The van der Waals surface area contributed by atoms with Crippen molar-refractivity contribution in [2.45, 2.75) is 6.92 Å². The number of halogens is 1. The lowest BCUT2D eigenvalue weighted by Gasteiger charge is -2.09. The van der Waals surface area contributed by atoms with Crippen molar-refractivity contribution in [3.63, 3.8) is 0 Å². The number of nitrogens with two attached hydrogens (primary N) is 1. The molecule has 104 valence electrons. The molecule has 1 heterocycles. The number of ether oxygens (including phenoxy) is 1. The van der Waals surface area contributed by atoms with Crippen molar-refractivity contribution in [1.82, 2.24) is 4.98 Å². The molecule has 2 aromatic rings. The number of amides is 1. The van der Waals surface area contributed by atoms with Crippen LogP contribution in [0.25, 0.3) is 0 Å². The molecular formula is C14H14BrN3O2. The third kappa shape index (κ3) is 3.08. The van der Waals surface area contributed by atoms with Gasteiger partial charge in [0.2, 0.25) is 0 Å². The maximum atomic E-state index is 12.1. The second-order valence-electron chi connectivity index (χ2n) is 4.23. The minimum atomic E-state index is -0.266. The number of benzene rings is 1. The van der Waals surface area contributed by atoms with Crippen molar-refractivity contribution in [3.05, 3.63) is 46.1 Å². The smallest absolute Gasteiger partial charge is 0.256 e. The molecule has 3 N–H and O–H groups in total. The average Bonchev–Trinajstić information content (AvgIpc) is 2.43. The zero-order valence-electron chi connectivity index (χ0n) is 11.1. The van der Waals surface area contributed by atoms with Gasteiger partial charge in [-0.05, 0) is 52.7 Å². The van der Waals surface area contributed by atoms with Gasteiger partial charge in [0.1, 0.15) is 11.6 Å². The minimum absolute atomic E-state index is 0.266. The Morgan fingerprint density at radius 2 is 2.15 bits per heavy atom. The van der Waals surface area contributed by atoms with Crippen LogP contribution in [0.15, 0.2) is 34.9 Å². The fourth-order valence-corrected chi connectivity index (χ4v) is 1.87. The van der Waals surface area contributed by atoms with Crippen molar-refractivity contribution in [3.8, 4) is 5.75 Å². The van der Waals surface area contributed by atoms with Crippen LogP contribution in [0.1, 0.15) is 15.9 Å². The van der Waals surface area contributed by atoms with Crippen molar-refractivity contribution in [1.29, 1.82) is 0 Å². The standard InChI is InChI=1S/C14H14BrN3O2/c1-8-5-13(17-7-10(8)15)18-14(19)9-3-4-11(16)12(6-9)20-2/h3-7H,16H2,1-2H3,(H,17,18,19). The molecule has 2 rings (SSSR count). The highest BCUT2D eigenvalue weighted by molar-refractivity contribution is 9.10. The van der Waals surface area contributed by atoms with Gasteiger partial charge in [0.05, 0.1) is 12.8 Å². The zero-order valence-corrected chi connectivity index (χ0v) is 12.7. The molecule has 20 heavy (non-hydrogen) atoms. The number of aromatic nitrogens is 1. The molecule has 0 fully saturated rings. The summed E-state index contributed by atoms with van der Waals surface area (Å²) in [5.74, 6) is 0.696. The van der Waals surface area contributed by atoms with E-state index >= 15 is 0 Å². The first-order valence-electron chi connectivity index (χ1n) is 5.88. The van der Waals surface area contributed by atoms with Gasteiger partial charge in [0.25, 0.3) is 5.91 Å². The van der Waals surface area contributed by atoms with E-state index in [2.05, 4.69) is 26.2 Å². The lowest BCUT2D eigenvalue weighted by Crippen LogP contribution is -2.13. The molecule has 1 aromatic heterocycles. The van der Waals surface area contributed by atoms with E-state index in [1.807, 2.05) is 6.92 Å². The number of anilines is 2. The predicted molar refractivity (Wildman–Crippen MR) is 82.0 cm³/mol. The van der Waals surface area contributed by atoms with Crippen LogP contribution < -0.4 is 15.8 Å². The summed E-state index contributed by atoms with van der Waals surface area (Å²) in [5.41, 5.74) is 7.65. The fourth-order valence-electron chi connectivity index (χ4n) is 1.65. The molecule has 0 aliphatic carbocycles. The Morgan fingerprint density at radius 3 is 2.80 bits per heavy atom. The maximum absolute atomic E-state index is 12.1. The van der Waals surface area contributed by atoms with Crippen LogP contribution in [-0.4, -0.2) is 18.0 Å². The highest BCUT2D eigenvalue weighted by Crippen LogP contribution is 2.23. The number of hydrogen-bond acceptors (Lipinski definition) is 4. The molecule has 0 atom stereocenters. The molecule has 1 amide bonds. The Balaban J connectivity index is 2.21. The number of hydrogen-bond donors (Lipinski definition) is 2. The number of nitrogens with zero attached hydrogens (tertiary/aromatic N) is 1. The van der Waals surface area contributed by atoms with Gasteiger partial charge in [-0.25, -0.2) is 4.98 Å². The summed E-state index contributed by atoms with van der Waals surface area (Å²) in [6.45, 7) is 1.92. The Labute approximate surface area is 125 Å². The lowest BCUT2D eigenvalue weighted by atomic mass is 10.1. The van der Waals surface area contributed by atoms with Crippen molar-refractivity contribution in [2.75, 3.05) is 18.2 Å². The summed E-state index contributed by atoms with van der Waals surface area (Å²) in [7, 11) is 1.51. The van der Waals surface area contributed by atoms with E-state index in [0.29, 0.717) is 22.8 Å². The van der Waals surface area contributed by atoms with Crippen LogP contribution in [0.5, 0.6) is 5.75 Å². The molecule has 0 spiro atoms. The first-order valence-corrected chi connectivity index (χ1v) is 6.67. The fraction of sp³-hybridized carbons (Fsp3) is 0.143. The molecule has 0 saturated heterocycles. The number of carbonyl (C=O) groups excluding carboxylic acids is 1. The number of nitrogens with one attached hydrogen (secondary N) is 1. The Bertz CT molecular complexity index is 659. The van der Waals surface area contributed by atoms with Gasteiger partial charge in [-0.3, -0.25) is 4.79 Å². The molecule has 1 aromatic carbocycles. The molecular weight excluding hydrogens is 322 g/mol. The predicted octanol–water partition coefficient (Wildman–Crippen LogP) is 3.00. The first kappa shape index (κ1) is 14.3. The lowest BCUT2D eigenvalue weighted by molar-refractivity contribution is 0.102. The van der Waals surface area contributed by atoms with E-state index in [0.717, 1.165) is 10.0 Å². The summed E-state index contributed by atoms with van der Waals surface area (Å²) in [6, 6.07) is 6.65. The largest absolute Gasteiger partial charge is 0.495 e. The van der Waals surface area contributed by atoms with E-state index in [1.165, 1.54) is 7.11 Å². The zero-order chi connectivity index (χ0) is 14.7. The molecule has 5 nitrogen and oxygen atoms in total. The van der Waals surface area contributed by atoms with Crippen LogP contribution in [0.2, 0.25) is 0 Å². The first-order chi connectivity index (χ1) is 9.51. The van der Waals surface area contributed by atoms with Gasteiger partial charge in [-0.1, -0.05) is 0 Å². The molecule has 0 aliphatic heterocycles. The molecule has 0 bridgehead atoms. The molecule has 0 saturated carbocycles. The monoisotopic (exact) mass is 335 g/mol. The third-order valence-corrected chi connectivity index (χ3v) is 3.61. The number of carbonyl (C=O) groups is 1. The SMILES string of the molecule is COc1cc(C(=O)Nc2cc(C)c(Br)cn2)ccc1N. The minimum Gasteiger partial charge on any atom is -0.495 e. The van der Waals surface area contributed by atoms with Crippen molar-refractivity contribution in [2.24, 2.45) is 0 Å². The number of pyridine rings is 1. The highest BCUT2D eigenvalue weighted by atomic mass is 79.9. The molecule has 0 radical (unpaired) electrons. The van der Waals surface area contributed by atoms with Gasteiger partial charge in [0, 0.05) is 16.2 Å². The van der Waals surface area contributed by atoms with Crippen LogP contribution >= 0.6 is 15.9 Å². The van der Waals surface area contributed by atoms with Crippen LogP contribution in [0.4, 0.5) is 11.5 Å². The van der Waals surface area contributed by atoms with Gasteiger partial charge >= 0.3 is 0 Å². The number of aryl methyl sites for hydroxylation is 1. The third-order valence-electron chi connectivity index (χ3n) is 2.78. The van der Waals surface area contributed by atoms with Gasteiger partial charge in [-0.2, -0.15) is 0 Å². The van der Waals surface area contributed by atoms with Crippen LogP contribution in [0, 0.1) is 6.92 Å². The topological polar surface area (TPSA) is 77.2 Å². The molecule has 0 aliphatic rings. The van der Waals surface area contributed by atoms with Gasteiger partial charge < -0.3 is 15.8 Å². The Hall–Kier alpha value is -2.08. The highest BCUT2D eigenvalue weighted by Gasteiger charge is 2.10. The van der Waals surface area contributed by atoms with E-state index in [-0.39, 0.29) is 5.91 Å². The quantitative estimate of drug-likeness (QED) is 0.845. The van der Waals surface area contributed by atoms with E-state index in [4.69, 9.17) is 10.5 Å². The number of nitrogen functional groups attached to an aromatic ring is 1. The number of methoxy groups -OCH3 is 1. The second-order valence-corrected chi connectivity index (χ2v) is 5.08. The van der Waals surface area contributed by atoms with E-state index in [1.54, 1.807) is 30.5 Å². The summed E-state index contributed by atoms with van der Waals surface area (Å²) in [5, 5.41) is 2.73. The average molecular weight is 336 g/mol. The summed E-state index contributed by atoms with van der Waals surface area (Å²) < 4.78 is 5.99. The van der Waals surface area contributed by atoms with Gasteiger partial charge in [0.15, 0.2) is 0 Å². The van der Waals surface area contributed by atoms with Crippen molar-refractivity contribution >= 4 is 33.3 Å². The molecule has 0 unspecified atom stereocenters. The summed E-state index contributed by atoms with van der Waals surface area (Å²) in [4.78, 5) is 16.3. The second kappa shape index (κ2) is 5.92. The Morgan fingerprint density at radius 1 is 1.40 bits per heavy atom. The van der Waals surface area contributed by atoms with Gasteiger partial charge in [-0.15, -0.1) is 0 Å². The van der Waals surface area contributed by atoms with E-state index < -0.39 is 0 Å². The molecule has 6 heteroatoms. The summed E-state index contributed by atoms with van der Waals surface area (Å²) >= 11 is 3.36. The van der Waals surface area contributed by atoms with Crippen molar-refractivity contribution < 1.29 is 9.53 Å². The summed E-state index contributed by atoms with van der Waals surface area (Å²) in [6.07, 6.45) is 1.65. The maximum Gasteiger partial charge on any atom is 0.256 e. The van der Waals surface area contributed by atoms with E-state index in [9.17, 15) is 4.79 Å².